The Morgan fingerprint density at radius 3 is 2.40 bits per heavy atom. The molecule has 3 aromatic rings. The van der Waals surface area contributed by atoms with Crippen molar-refractivity contribution in [3.05, 3.63) is 89.7 Å². The normalized spacial score (nSPS) is 10.4. The maximum absolute atomic E-state index is 3.61. The molecular weight excluding hydrogens is 300 g/mol. The molecule has 0 amide bonds. The molecule has 0 nitrogen and oxygen atoms in total. The standard InChI is InChI=1S/C25H26/c1-2-3-4-8-14-23(20-19-21-12-6-5-7-13-21)25-18-11-16-22-15-9-10-17-24(22)25/h5-7,9-13,15-19H,2-4,8,14H2,1H3. The molecule has 0 spiro atoms. The minimum atomic E-state index is 1.08. The Morgan fingerprint density at radius 1 is 0.800 bits per heavy atom. The van der Waals surface area contributed by atoms with Crippen LogP contribution in [0.1, 0.15) is 50.2 Å². The largest absolute Gasteiger partial charge is 0.116 e. The molecule has 0 atom stereocenters. The number of unbranched alkanes of at least 4 members (excludes halogenated alkanes) is 3. The summed E-state index contributed by atoms with van der Waals surface area (Å²) in [5, 5.41) is 2.62. The first kappa shape index (κ1) is 17.3. The smallest absolute Gasteiger partial charge is 0.00185 e. The molecule has 0 saturated carbocycles. The van der Waals surface area contributed by atoms with Crippen molar-refractivity contribution in [3.8, 4) is 0 Å². The Hall–Kier alpha value is -2.56. The van der Waals surface area contributed by atoms with Crippen LogP contribution >= 0.6 is 0 Å². The minimum Gasteiger partial charge on any atom is -0.116 e. The van der Waals surface area contributed by atoms with E-state index >= 15 is 0 Å². The summed E-state index contributed by atoms with van der Waals surface area (Å²) >= 11 is 0. The third kappa shape index (κ3) is 4.72. The van der Waals surface area contributed by atoms with Gasteiger partial charge in [-0.15, -0.1) is 5.73 Å². The number of hydrogen-bond donors (Lipinski definition) is 0. The van der Waals surface area contributed by atoms with Crippen molar-refractivity contribution in [2.45, 2.75) is 39.0 Å². The van der Waals surface area contributed by atoms with Gasteiger partial charge in [-0.1, -0.05) is 99.0 Å². The Labute approximate surface area is 151 Å². The maximum Gasteiger partial charge on any atom is 0.00185 e. The summed E-state index contributed by atoms with van der Waals surface area (Å²) in [5.41, 5.74) is 7.45. The van der Waals surface area contributed by atoms with Crippen LogP contribution in [0.2, 0.25) is 0 Å². The van der Waals surface area contributed by atoms with Gasteiger partial charge < -0.3 is 0 Å². The molecule has 0 N–H and O–H groups in total. The van der Waals surface area contributed by atoms with E-state index in [2.05, 4.69) is 91.5 Å². The molecule has 0 heteroatoms. The molecule has 0 bridgehead atoms. The number of rotatable bonds is 7. The number of fused-ring (bicyclic) bond motifs is 1. The molecule has 126 valence electrons. The van der Waals surface area contributed by atoms with Crippen molar-refractivity contribution in [2.24, 2.45) is 0 Å². The van der Waals surface area contributed by atoms with Crippen LogP contribution in [0.15, 0.2) is 78.5 Å². The van der Waals surface area contributed by atoms with E-state index in [4.69, 9.17) is 0 Å². The van der Waals surface area contributed by atoms with Crippen molar-refractivity contribution < 1.29 is 0 Å². The van der Waals surface area contributed by atoms with E-state index in [-0.39, 0.29) is 0 Å². The first-order valence-corrected chi connectivity index (χ1v) is 9.37. The average Bonchev–Trinajstić information content (AvgIpc) is 2.68. The third-order valence-electron chi connectivity index (χ3n) is 4.61. The lowest BCUT2D eigenvalue weighted by Gasteiger charge is -2.09. The van der Waals surface area contributed by atoms with Crippen LogP contribution in [0.25, 0.3) is 22.4 Å². The second-order valence-electron chi connectivity index (χ2n) is 6.52. The van der Waals surface area contributed by atoms with Gasteiger partial charge in [0.15, 0.2) is 0 Å². The summed E-state index contributed by atoms with van der Waals surface area (Å²) in [4.78, 5) is 0. The third-order valence-corrected chi connectivity index (χ3v) is 4.61. The maximum atomic E-state index is 3.61. The highest BCUT2D eigenvalue weighted by Crippen LogP contribution is 2.28. The molecule has 3 aromatic carbocycles. The molecule has 0 aliphatic carbocycles. The Morgan fingerprint density at radius 2 is 1.56 bits per heavy atom. The van der Waals surface area contributed by atoms with Gasteiger partial charge in [0.05, 0.1) is 0 Å². The van der Waals surface area contributed by atoms with Crippen molar-refractivity contribution in [3.63, 3.8) is 0 Å². The van der Waals surface area contributed by atoms with Gasteiger partial charge in [-0.3, -0.25) is 0 Å². The van der Waals surface area contributed by atoms with Crippen molar-refractivity contribution in [1.29, 1.82) is 0 Å². The molecule has 25 heavy (non-hydrogen) atoms. The summed E-state index contributed by atoms with van der Waals surface area (Å²) in [5.74, 6) is 0. The fourth-order valence-corrected chi connectivity index (χ4v) is 3.22. The zero-order chi connectivity index (χ0) is 17.3. The van der Waals surface area contributed by atoms with Crippen LogP contribution in [0.4, 0.5) is 0 Å². The van der Waals surface area contributed by atoms with Crippen LogP contribution in [0.5, 0.6) is 0 Å². The quantitative estimate of drug-likeness (QED) is 0.311. The molecule has 0 aromatic heterocycles. The highest BCUT2D eigenvalue weighted by Gasteiger charge is 2.06. The van der Waals surface area contributed by atoms with Crippen molar-refractivity contribution in [1.82, 2.24) is 0 Å². The highest BCUT2D eigenvalue weighted by molar-refractivity contribution is 5.94. The van der Waals surface area contributed by atoms with Crippen molar-refractivity contribution >= 4 is 22.4 Å². The Balaban J connectivity index is 1.99. The fourth-order valence-electron chi connectivity index (χ4n) is 3.22. The van der Waals surface area contributed by atoms with Crippen molar-refractivity contribution in [2.75, 3.05) is 0 Å². The lowest BCUT2D eigenvalue weighted by Crippen LogP contribution is -1.87. The number of hydrogen-bond acceptors (Lipinski definition) is 0. The van der Waals surface area contributed by atoms with E-state index in [0.29, 0.717) is 0 Å². The van der Waals surface area contributed by atoms with Gasteiger partial charge in [-0.2, -0.15) is 0 Å². The average molecular weight is 326 g/mol. The second-order valence-corrected chi connectivity index (χ2v) is 6.52. The molecule has 0 heterocycles. The van der Waals surface area contributed by atoms with E-state index in [0.717, 1.165) is 6.42 Å². The molecule has 0 aliphatic heterocycles. The van der Waals surface area contributed by atoms with Gasteiger partial charge in [0, 0.05) is 5.57 Å². The van der Waals surface area contributed by atoms with Gasteiger partial charge in [-0.05, 0) is 40.8 Å². The van der Waals surface area contributed by atoms with Crippen LogP contribution in [-0.4, -0.2) is 0 Å². The van der Waals surface area contributed by atoms with Crippen LogP contribution in [-0.2, 0) is 0 Å². The summed E-state index contributed by atoms with van der Waals surface area (Å²) in [6.07, 6.45) is 8.30. The zero-order valence-corrected chi connectivity index (χ0v) is 15.0. The van der Waals surface area contributed by atoms with Gasteiger partial charge in [-0.25, -0.2) is 0 Å². The Bertz CT molecular complexity index is 859. The lowest BCUT2D eigenvalue weighted by atomic mass is 9.94. The van der Waals surface area contributed by atoms with Crippen LogP contribution in [0.3, 0.4) is 0 Å². The van der Waals surface area contributed by atoms with Gasteiger partial charge in [0.1, 0.15) is 0 Å². The number of allylic oxidation sites excluding steroid dienone is 1. The van der Waals surface area contributed by atoms with Gasteiger partial charge in [0.25, 0.3) is 0 Å². The fraction of sp³-hybridized carbons (Fsp3) is 0.240. The first-order chi connectivity index (χ1) is 12.4. The first-order valence-electron chi connectivity index (χ1n) is 9.37. The second kappa shape index (κ2) is 9.06. The molecule has 0 radical (unpaired) electrons. The molecule has 0 unspecified atom stereocenters. The van der Waals surface area contributed by atoms with Crippen LogP contribution < -0.4 is 0 Å². The summed E-state index contributed by atoms with van der Waals surface area (Å²) in [6.45, 7) is 2.26. The zero-order valence-electron chi connectivity index (χ0n) is 15.0. The van der Waals surface area contributed by atoms with E-state index in [9.17, 15) is 0 Å². The predicted octanol–water partition coefficient (Wildman–Crippen LogP) is 7.51. The van der Waals surface area contributed by atoms with Crippen LogP contribution in [0, 0.1) is 0 Å². The van der Waals surface area contributed by atoms with Gasteiger partial charge >= 0.3 is 0 Å². The topological polar surface area (TPSA) is 0 Å². The highest BCUT2D eigenvalue weighted by atomic mass is 14.1. The minimum absolute atomic E-state index is 1.08. The lowest BCUT2D eigenvalue weighted by molar-refractivity contribution is 0.679. The van der Waals surface area contributed by atoms with E-state index < -0.39 is 0 Å². The molecule has 0 fully saturated rings. The number of benzene rings is 3. The molecule has 0 aliphatic rings. The molecule has 3 rings (SSSR count). The monoisotopic (exact) mass is 326 g/mol. The summed E-state index contributed by atoms with van der Waals surface area (Å²) in [7, 11) is 0. The predicted molar refractivity (Wildman–Crippen MR) is 111 cm³/mol. The van der Waals surface area contributed by atoms with E-state index in [1.807, 2.05) is 0 Å². The van der Waals surface area contributed by atoms with Gasteiger partial charge in [0.2, 0.25) is 0 Å². The summed E-state index contributed by atoms with van der Waals surface area (Å²) in [6, 6.07) is 25.7. The van der Waals surface area contributed by atoms with E-state index in [1.165, 1.54) is 53.2 Å². The Kier molecular flexibility index (Phi) is 6.26. The SMILES string of the molecule is CCCCCCC(=C=Cc1ccccc1)c1cccc2ccccc12. The van der Waals surface area contributed by atoms with E-state index in [1.54, 1.807) is 0 Å². The molecular formula is C25H26. The molecule has 0 saturated heterocycles. The summed E-state index contributed by atoms with van der Waals surface area (Å²) < 4.78 is 0.